The second-order valence-electron chi connectivity index (χ2n) is 4.45. The molecule has 2 aromatic carbocycles. The van der Waals surface area contributed by atoms with Gasteiger partial charge in [0.15, 0.2) is 0 Å². The van der Waals surface area contributed by atoms with Gasteiger partial charge in [0, 0.05) is 22.4 Å². The van der Waals surface area contributed by atoms with E-state index in [9.17, 15) is 0 Å². The largest absolute Gasteiger partial charge is 0.494 e. The topological polar surface area (TPSA) is 35.2 Å². The van der Waals surface area contributed by atoms with Crippen molar-refractivity contribution in [3.63, 3.8) is 0 Å². The summed E-state index contributed by atoms with van der Waals surface area (Å²) >= 11 is 1.78. The van der Waals surface area contributed by atoms with Crippen LogP contribution in [0.4, 0.5) is 5.69 Å². The quantitative estimate of drug-likeness (QED) is 0.652. The molecule has 0 aliphatic heterocycles. The Kier molecular flexibility index (Phi) is 4.74. The third-order valence-corrected chi connectivity index (χ3v) is 3.75. The third-order valence-electron chi connectivity index (χ3n) is 2.70. The van der Waals surface area contributed by atoms with Crippen molar-refractivity contribution in [3.8, 4) is 5.75 Å². The second kappa shape index (κ2) is 6.53. The molecule has 0 aliphatic carbocycles. The van der Waals surface area contributed by atoms with Crippen molar-refractivity contribution in [2.24, 2.45) is 0 Å². The summed E-state index contributed by atoms with van der Waals surface area (Å²) in [4.78, 5) is 1.14. The zero-order valence-corrected chi connectivity index (χ0v) is 12.2. The monoisotopic (exact) mass is 273 g/mol. The minimum absolute atomic E-state index is 0.658. The molecule has 0 amide bonds. The smallest absolute Gasteiger partial charge is 0.122 e. The van der Waals surface area contributed by atoms with Gasteiger partial charge in [-0.1, -0.05) is 29.8 Å². The summed E-state index contributed by atoms with van der Waals surface area (Å²) in [5, 5.41) is 0. The lowest BCUT2D eigenvalue weighted by atomic mass is 10.2. The van der Waals surface area contributed by atoms with Crippen LogP contribution in [0.5, 0.6) is 5.75 Å². The standard InChI is InChI=1S/C16H19NOS/c1-3-18-15-8-14(17)9-16(10-15)19-11-13-6-4-5-12(2)7-13/h4-10H,3,11,17H2,1-2H3. The van der Waals surface area contributed by atoms with E-state index in [1.807, 2.05) is 25.1 Å². The van der Waals surface area contributed by atoms with Crippen molar-refractivity contribution in [2.75, 3.05) is 12.3 Å². The van der Waals surface area contributed by atoms with E-state index in [1.54, 1.807) is 11.8 Å². The number of anilines is 1. The molecule has 2 rings (SSSR count). The maximum absolute atomic E-state index is 5.89. The fourth-order valence-electron chi connectivity index (χ4n) is 1.90. The number of nitrogen functional groups attached to an aromatic ring is 1. The van der Waals surface area contributed by atoms with E-state index in [4.69, 9.17) is 10.5 Å². The number of rotatable bonds is 5. The third kappa shape index (κ3) is 4.21. The van der Waals surface area contributed by atoms with Crippen LogP contribution in [0, 0.1) is 6.92 Å². The first-order valence-corrected chi connectivity index (χ1v) is 7.37. The van der Waals surface area contributed by atoms with Crippen LogP contribution in [-0.4, -0.2) is 6.61 Å². The summed E-state index contributed by atoms with van der Waals surface area (Å²) in [6.07, 6.45) is 0. The Bertz CT molecular complexity index is 554. The lowest BCUT2D eigenvalue weighted by Crippen LogP contribution is -1.94. The first-order valence-electron chi connectivity index (χ1n) is 6.39. The maximum Gasteiger partial charge on any atom is 0.122 e. The average molecular weight is 273 g/mol. The highest BCUT2D eigenvalue weighted by molar-refractivity contribution is 7.98. The molecule has 0 heterocycles. The normalized spacial score (nSPS) is 10.4. The van der Waals surface area contributed by atoms with Crippen molar-refractivity contribution in [1.82, 2.24) is 0 Å². The zero-order valence-electron chi connectivity index (χ0n) is 11.3. The number of thioether (sulfide) groups is 1. The van der Waals surface area contributed by atoms with E-state index in [0.717, 1.165) is 22.1 Å². The average Bonchev–Trinajstić information content (AvgIpc) is 2.36. The molecule has 100 valence electrons. The first-order chi connectivity index (χ1) is 9.17. The van der Waals surface area contributed by atoms with E-state index in [2.05, 4.69) is 31.2 Å². The van der Waals surface area contributed by atoms with Crippen molar-refractivity contribution < 1.29 is 4.74 Å². The molecule has 0 aliphatic rings. The SMILES string of the molecule is CCOc1cc(N)cc(SCc2cccc(C)c2)c1. The van der Waals surface area contributed by atoms with Gasteiger partial charge < -0.3 is 10.5 Å². The molecule has 2 nitrogen and oxygen atoms in total. The predicted octanol–water partition coefficient (Wildman–Crippen LogP) is 4.27. The van der Waals surface area contributed by atoms with Crippen LogP contribution in [0.15, 0.2) is 47.4 Å². The summed E-state index contributed by atoms with van der Waals surface area (Å²) in [7, 11) is 0. The molecular weight excluding hydrogens is 254 g/mol. The number of aryl methyl sites for hydroxylation is 1. The van der Waals surface area contributed by atoms with Gasteiger partial charge in [0.2, 0.25) is 0 Å². The van der Waals surface area contributed by atoms with Crippen LogP contribution in [0.25, 0.3) is 0 Å². The predicted molar refractivity (Wildman–Crippen MR) is 82.8 cm³/mol. The maximum atomic E-state index is 5.89. The van der Waals surface area contributed by atoms with Crippen molar-refractivity contribution in [2.45, 2.75) is 24.5 Å². The molecule has 0 bridgehead atoms. The van der Waals surface area contributed by atoms with Crippen LogP contribution in [0.1, 0.15) is 18.1 Å². The Labute approximate surface area is 119 Å². The second-order valence-corrected chi connectivity index (χ2v) is 5.50. The van der Waals surface area contributed by atoms with E-state index in [1.165, 1.54) is 11.1 Å². The lowest BCUT2D eigenvalue weighted by Gasteiger charge is -2.08. The molecule has 0 fully saturated rings. The Morgan fingerprint density at radius 1 is 1.16 bits per heavy atom. The Balaban J connectivity index is 2.06. The molecule has 0 unspecified atom stereocenters. The number of hydrogen-bond donors (Lipinski definition) is 1. The minimum Gasteiger partial charge on any atom is -0.494 e. The Morgan fingerprint density at radius 3 is 2.74 bits per heavy atom. The Morgan fingerprint density at radius 2 is 2.00 bits per heavy atom. The van der Waals surface area contributed by atoms with E-state index in [-0.39, 0.29) is 0 Å². The van der Waals surface area contributed by atoms with E-state index >= 15 is 0 Å². The van der Waals surface area contributed by atoms with Crippen LogP contribution in [-0.2, 0) is 5.75 Å². The van der Waals surface area contributed by atoms with Crippen molar-refractivity contribution in [3.05, 3.63) is 53.6 Å². The van der Waals surface area contributed by atoms with E-state index < -0.39 is 0 Å². The highest BCUT2D eigenvalue weighted by Gasteiger charge is 2.02. The molecule has 2 N–H and O–H groups in total. The first kappa shape index (κ1) is 13.8. The summed E-state index contributed by atoms with van der Waals surface area (Å²) in [5.74, 6) is 1.78. The van der Waals surface area contributed by atoms with E-state index in [0.29, 0.717) is 6.61 Å². The molecular formula is C16H19NOS. The van der Waals surface area contributed by atoms with Crippen LogP contribution in [0.3, 0.4) is 0 Å². The molecule has 0 radical (unpaired) electrons. The fourth-order valence-corrected chi connectivity index (χ4v) is 2.83. The molecule has 19 heavy (non-hydrogen) atoms. The van der Waals surface area contributed by atoms with Crippen LogP contribution < -0.4 is 10.5 Å². The summed E-state index contributed by atoms with van der Waals surface area (Å²) in [5.41, 5.74) is 9.25. The van der Waals surface area contributed by atoms with Gasteiger partial charge in [0.05, 0.1) is 6.61 Å². The van der Waals surface area contributed by atoms with Gasteiger partial charge in [0.25, 0.3) is 0 Å². The molecule has 0 saturated heterocycles. The molecule has 0 atom stereocenters. The summed E-state index contributed by atoms with van der Waals surface area (Å²) in [6.45, 7) is 4.75. The molecule has 3 heteroatoms. The lowest BCUT2D eigenvalue weighted by molar-refractivity contribution is 0.339. The highest BCUT2D eigenvalue weighted by Crippen LogP contribution is 2.29. The molecule has 0 aromatic heterocycles. The van der Waals surface area contributed by atoms with Gasteiger partial charge in [-0.25, -0.2) is 0 Å². The number of hydrogen-bond acceptors (Lipinski definition) is 3. The fraction of sp³-hybridized carbons (Fsp3) is 0.250. The van der Waals surface area contributed by atoms with Crippen molar-refractivity contribution in [1.29, 1.82) is 0 Å². The van der Waals surface area contributed by atoms with Gasteiger partial charge in [0.1, 0.15) is 5.75 Å². The van der Waals surface area contributed by atoms with Gasteiger partial charge in [-0.2, -0.15) is 0 Å². The number of nitrogens with two attached hydrogens (primary N) is 1. The van der Waals surface area contributed by atoms with Gasteiger partial charge >= 0.3 is 0 Å². The highest BCUT2D eigenvalue weighted by atomic mass is 32.2. The summed E-state index contributed by atoms with van der Waals surface area (Å²) < 4.78 is 5.51. The summed E-state index contributed by atoms with van der Waals surface area (Å²) in [6, 6.07) is 14.5. The molecule has 0 spiro atoms. The number of benzene rings is 2. The van der Waals surface area contributed by atoms with Gasteiger partial charge in [-0.3, -0.25) is 0 Å². The minimum atomic E-state index is 0.658. The van der Waals surface area contributed by atoms with Gasteiger partial charge in [-0.15, -0.1) is 11.8 Å². The zero-order chi connectivity index (χ0) is 13.7. The van der Waals surface area contributed by atoms with Gasteiger partial charge in [-0.05, 0) is 31.5 Å². The molecule has 2 aromatic rings. The van der Waals surface area contributed by atoms with Crippen LogP contribution in [0.2, 0.25) is 0 Å². The van der Waals surface area contributed by atoms with Crippen molar-refractivity contribution >= 4 is 17.4 Å². The Hall–Kier alpha value is -1.61. The molecule has 0 saturated carbocycles. The number of ether oxygens (including phenoxy) is 1. The van der Waals surface area contributed by atoms with Crippen LogP contribution >= 0.6 is 11.8 Å².